The van der Waals surface area contributed by atoms with Crippen LogP contribution in [0, 0.1) is 11.7 Å². The van der Waals surface area contributed by atoms with Gasteiger partial charge in [-0.3, -0.25) is 0 Å². The number of ether oxygens (including phenoxy) is 1. The number of fused-ring (bicyclic) bond motifs is 3. The first-order chi connectivity index (χ1) is 10.7. The summed E-state index contributed by atoms with van der Waals surface area (Å²) in [5, 5.41) is 3.60. The van der Waals surface area contributed by atoms with Crippen molar-refractivity contribution in [2.45, 2.75) is 25.0 Å². The number of halogens is 2. The summed E-state index contributed by atoms with van der Waals surface area (Å²) in [6.07, 6.45) is 2.22. The van der Waals surface area contributed by atoms with Crippen LogP contribution in [-0.4, -0.2) is 6.61 Å². The number of nitrogens with one attached hydrogen (secondary N) is 1. The lowest BCUT2D eigenvalue weighted by Crippen LogP contribution is -2.36. The Labute approximate surface area is 137 Å². The Hall–Kier alpha value is -1.39. The van der Waals surface area contributed by atoms with Crippen LogP contribution >= 0.6 is 15.9 Å². The summed E-state index contributed by atoms with van der Waals surface area (Å²) in [6, 6.07) is 13.2. The fourth-order valence-corrected chi connectivity index (χ4v) is 4.05. The van der Waals surface area contributed by atoms with Gasteiger partial charge < -0.3 is 10.1 Å². The molecule has 0 radical (unpaired) electrons. The van der Waals surface area contributed by atoms with Gasteiger partial charge in [0.05, 0.1) is 12.1 Å². The van der Waals surface area contributed by atoms with Gasteiger partial charge in [-0.25, -0.2) is 4.39 Å². The smallest absolute Gasteiger partial charge is 0.123 e. The highest BCUT2D eigenvalue weighted by molar-refractivity contribution is 9.10. The van der Waals surface area contributed by atoms with Gasteiger partial charge in [0.2, 0.25) is 0 Å². The topological polar surface area (TPSA) is 21.3 Å². The first-order valence-electron chi connectivity index (χ1n) is 7.65. The van der Waals surface area contributed by atoms with Gasteiger partial charge in [0.15, 0.2) is 0 Å². The third-order valence-corrected chi connectivity index (χ3v) is 5.13. The summed E-state index contributed by atoms with van der Waals surface area (Å²) in [6.45, 7) is 0.795. The molecule has 0 bridgehead atoms. The van der Waals surface area contributed by atoms with Gasteiger partial charge in [-0.15, -0.1) is 0 Å². The molecule has 4 rings (SSSR count). The zero-order valence-electron chi connectivity index (χ0n) is 12.1. The van der Waals surface area contributed by atoms with Crippen LogP contribution in [0.5, 0.6) is 0 Å². The predicted octanol–water partition coefficient (Wildman–Crippen LogP) is 5.22. The number of hydrogen-bond donors (Lipinski definition) is 1. The minimum absolute atomic E-state index is 0.0794. The third-order valence-electron chi connectivity index (χ3n) is 4.64. The van der Waals surface area contributed by atoms with Crippen LogP contribution in [0.2, 0.25) is 0 Å². The number of hydrogen-bond acceptors (Lipinski definition) is 2. The van der Waals surface area contributed by atoms with Crippen LogP contribution in [0.15, 0.2) is 46.9 Å². The van der Waals surface area contributed by atoms with E-state index in [0.29, 0.717) is 5.92 Å². The SMILES string of the molecule is Fc1cccc(C2Nc3ccc(Br)cc3C3OCCCC23)c1. The number of benzene rings is 2. The molecule has 3 unspecified atom stereocenters. The molecular formula is C18H17BrFNO. The van der Waals surface area contributed by atoms with Crippen LogP contribution < -0.4 is 5.32 Å². The molecule has 1 fully saturated rings. The second kappa shape index (κ2) is 5.67. The fraction of sp³-hybridized carbons (Fsp3) is 0.333. The van der Waals surface area contributed by atoms with Gasteiger partial charge in [-0.2, -0.15) is 0 Å². The average molecular weight is 362 g/mol. The van der Waals surface area contributed by atoms with Crippen molar-refractivity contribution in [2.24, 2.45) is 5.92 Å². The van der Waals surface area contributed by atoms with Crippen molar-refractivity contribution >= 4 is 21.6 Å². The van der Waals surface area contributed by atoms with Crippen LogP contribution in [0.1, 0.15) is 36.1 Å². The maximum atomic E-state index is 13.6. The molecular weight excluding hydrogens is 345 g/mol. The molecule has 0 aliphatic carbocycles. The standard InChI is InChI=1S/C18H17BrFNO/c19-12-6-7-16-15(10-12)18-14(5-2-8-22-18)17(21-16)11-3-1-4-13(20)9-11/h1,3-4,6-7,9-10,14,17-18,21H,2,5,8H2. The van der Waals surface area contributed by atoms with E-state index >= 15 is 0 Å². The van der Waals surface area contributed by atoms with Crippen LogP contribution in [0.4, 0.5) is 10.1 Å². The van der Waals surface area contributed by atoms with Gasteiger partial charge in [-0.1, -0.05) is 28.1 Å². The second-order valence-corrected chi connectivity index (χ2v) is 6.92. The first-order valence-corrected chi connectivity index (χ1v) is 8.45. The minimum Gasteiger partial charge on any atom is -0.378 e. The first kappa shape index (κ1) is 14.2. The molecule has 2 aliphatic rings. The van der Waals surface area contributed by atoms with Gasteiger partial charge in [0.25, 0.3) is 0 Å². The van der Waals surface area contributed by atoms with Gasteiger partial charge in [-0.05, 0) is 48.7 Å². The predicted molar refractivity (Wildman–Crippen MR) is 88.3 cm³/mol. The molecule has 1 saturated heterocycles. The van der Waals surface area contributed by atoms with E-state index in [-0.39, 0.29) is 18.0 Å². The molecule has 114 valence electrons. The lowest BCUT2D eigenvalue weighted by molar-refractivity contribution is -0.0381. The maximum absolute atomic E-state index is 13.6. The molecule has 0 saturated carbocycles. The normalized spacial score (nSPS) is 26.7. The van der Waals surface area contributed by atoms with E-state index in [9.17, 15) is 4.39 Å². The Kier molecular flexibility index (Phi) is 3.66. The van der Waals surface area contributed by atoms with Crippen molar-refractivity contribution in [1.29, 1.82) is 0 Å². The molecule has 1 N–H and O–H groups in total. The maximum Gasteiger partial charge on any atom is 0.123 e. The molecule has 2 heterocycles. The molecule has 2 aromatic rings. The summed E-state index contributed by atoms with van der Waals surface area (Å²) in [5.41, 5.74) is 3.28. The molecule has 2 aliphatic heterocycles. The molecule has 0 spiro atoms. The molecule has 4 heteroatoms. The lowest BCUT2D eigenvalue weighted by atomic mass is 9.77. The van der Waals surface area contributed by atoms with Crippen molar-refractivity contribution in [3.63, 3.8) is 0 Å². The van der Waals surface area contributed by atoms with Crippen molar-refractivity contribution in [2.75, 3.05) is 11.9 Å². The summed E-state index contributed by atoms with van der Waals surface area (Å²) >= 11 is 3.54. The highest BCUT2D eigenvalue weighted by Gasteiger charge is 2.39. The average Bonchev–Trinajstić information content (AvgIpc) is 2.54. The Morgan fingerprint density at radius 1 is 1.18 bits per heavy atom. The largest absolute Gasteiger partial charge is 0.378 e. The molecule has 22 heavy (non-hydrogen) atoms. The molecule has 2 aromatic carbocycles. The van der Waals surface area contributed by atoms with Gasteiger partial charge in [0, 0.05) is 28.2 Å². The van der Waals surface area contributed by atoms with E-state index < -0.39 is 0 Å². The van der Waals surface area contributed by atoms with Crippen molar-refractivity contribution in [3.05, 3.63) is 63.9 Å². The van der Waals surface area contributed by atoms with Crippen LogP contribution in [0.3, 0.4) is 0 Å². The molecule has 0 aromatic heterocycles. The van der Waals surface area contributed by atoms with Crippen molar-refractivity contribution in [1.82, 2.24) is 0 Å². The highest BCUT2D eigenvalue weighted by Crippen LogP contribution is 2.49. The van der Waals surface area contributed by atoms with Crippen molar-refractivity contribution < 1.29 is 9.13 Å². The van der Waals surface area contributed by atoms with E-state index in [0.717, 1.165) is 35.2 Å². The summed E-state index contributed by atoms with van der Waals surface area (Å²) in [4.78, 5) is 0. The monoisotopic (exact) mass is 361 g/mol. The van der Waals surface area contributed by atoms with E-state index in [2.05, 4.69) is 33.4 Å². The molecule has 3 atom stereocenters. The quantitative estimate of drug-likeness (QED) is 0.751. The Bertz CT molecular complexity index is 705. The molecule has 0 amide bonds. The number of anilines is 1. The van der Waals surface area contributed by atoms with E-state index in [1.54, 1.807) is 12.1 Å². The molecule has 2 nitrogen and oxygen atoms in total. The van der Waals surface area contributed by atoms with E-state index in [4.69, 9.17) is 4.74 Å². The third kappa shape index (κ3) is 2.44. The van der Waals surface area contributed by atoms with Crippen LogP contribution in [-0.2, 0) is 4.74 Å². The Morgan fingerprint density at radius 2 is 2.09 bits per heavy atom. The highest BCUT2D eigenvalue weighted by atomic mass is 79.9. The fourth-order valence-electron chi connectivity index (χ4n) is 3.67. The Balaban J connectivity index is 1.79. The van der Waals surface area contributed by atoms with E-state index in [1.165, 1.54) is 11.6 Å². The summed E-state index contributed by atoms with van der Waals surface area (Å²) in [5.74, 6) is 0.145. The Morgan fingerprint density at radius 3 is 2.95 bits per heavy atom. The zero-order valence-corrected chi connectivity index (χ0v) is 13.6. The van der Waals surface area contributed by atoms with E-state index in [1.807, 2.05) is 12.1 Å². The van der Waals surface area contributed by atoms with Gasteiger partial charge in [0.1, 0.15) is 5.82 Å². The minimum atomic E-state index is -0.186. The van der Waals surface area contributed by atoms with Crippen LogP contribution in [0.25, 0.3) is 0 Å². The lowest BCUT2D eigenvalue weighted by Gasteiger charge is -2.43. The second-order valence-electron chi connectivity index (χ2n) is 6.01. The summed E-state index contributed by atoms with van der Waals surface area (Å²) < 4.78 is 20.8. The zero-order chi connectivity index (χ0) is 15.1. The van der Waals surface area contributed by atoms with Gasteiger partial charge >= 0.3 is 0 Å². The van der Waals surface area contributed by atoms with Crippen molar-refractivity contribution in [3.8, 4) is 0 Å². The summed E-state index contributed by atoms with van der Waals surface area (Å²) in [7, 11) is 0. The number of rotatable bonds is 1.